The normalized spacial score (nSPS) is 12.0. The molecule has 1 amide bonds. The Labute approximate surface area is 288 Å². The Bertz CT molecular complexity index is 1630. The first-order valence-electron chi connectivity index (χ1n) is 16.9. The van der Waals surface area contributed by atoms with Crippen molar-refractivity contribution >= 4 is 34.2 Å². The van der Waals surface area contributed by atoms with Gasteiger partial charge in [0.05, 0.1) is 35.2 Å². The first-order chi connectivity index (χ1) is 23.3. The summed E-state index contributed by atoms with van der Waals surface area (Å²) in [4.78, 5) is 20.2. The number of unbranched alkanes of at least 4 members (excludes halogenated alkanes) is 1. The second-order valence-electron chi connectivity index (χ2n) is 12.3. The molecule has 8 nitrogen and oxygen atoms in total. The number of hydrogen-bond acceptors (Lipinski definition) is 6. The number of aromatic nitrogens is 2. The average molecular weight is 671 g/mol. The van der Waals surface area contributed by atoms with Crippen molar-refractivity contribution in [1.29, 1.82) is 0 Å². The zero-order valence-corrected chi connectivity index (χ0v) is 29.8. The SMILES string of the molecule is CCCCOCCOc1ccc(-c2ccc(N(C)CC(C)C)c(/C=C/C(=O)Nc3ccc(S(=O)Cc4cncn4CCC)cc3)c2)cc1. The minimum Gasteiger partial charge on any atom is -0.491 e. The number of nitrogens with one attached hydrogen (secondary N) is 1. The molecule has 0 aliphatic rings. The van der Waals surface area contributed by atoms with E-state index in [1.165, 1.54) is 0 Å². The molecule has 0 saturated carbocycles. The highest BCUT2D eigenvalue weighted by Crippen LogP contribution is 2.30. The fourth-order valence-electron chi connectivity index (χ4n) is 5.34. The summed E-state index contributed by atoms with van der Waals surface area (Å²) < 4.78 is 26.5. The van der Waals surface area contributed by atoms with Gasteiger partial charge in [-0.2, -0.15) is 0 Å². The number of aryl methyl sites for hydroxylation is 1. The Hall–Kier alpha value is -4.21. The van der Waals surface area contributed by atoms with Crippen LogP contribution in [0.3, 0.4) is 0 Å². The van der Waals surface area contributed by atoms with Gasteiger partial charge in [-0.05, 0) is 90.1 Å². The molecule has 0 spiro atoms. The molecule has 0 aliphatic heterocycles. The maximum absolute atomic E-state index is 13.0. The molecule has 9 heteroatoms. The third kappa shape index (κ3) is 11.2. The van der Waals surface area contributed by atoms with Gasteiger partial charge in [-0.1, -0.05) is 52.3 Å². The topological polar surface area (TPSA) is 85.7 Å². The van der Waals surface area contributed by atoms with Crippen LogP contribution >= 0.6 is 0 Å². The Balaban J connectivity index is 1.42. The quantitative estimate of drug-likeness (QED) is 0.0800. The van der Waals surface area contributed by atoms with Crippen LogP contribution in [0, 0.1) is 5.92 Å². The van der Waals surface area contributed by atoms with E-state index >= 15 is 0 Å². The van der Waals surface area contributed by atoms with E-state index in [1.807, 2.05) is 22.8 Å². The number of ether oxygens (including phenoxy) is 2. The van der Waals surface area contributed by atoms with Crippen molar-refractivity contribution in [3.63, 3.8) is 0 Å². The molecule has 1 aromatic heterocycles. The van der Waals surface area contributed by atoms with Crippen molar-refractivity contribution in [2.75, 3.05) is 43.6 Å². The summed E-state index contributed by atoms with van der Waals surface area (Å²) in [5.41, 5.74) is 5.70. The molecule has 3 aromatic carbocycles. The molecule has 1 atom stereocenters. The van der Waals surface area contributed by atoms with Gasteiger partial charge in [-0.3, -0.25) is 9.00 Å². The summed E-state index contributed by atoms with van der Waals surface area (Å²) in [5, 5.41) is 2.94. The second kappa shape index (κ2) is 19.0. The largest absolute Gasteiger partial charge is 0.491 e. The number of amides is 1. The van der Waals surface area contributed by atoms with E-state index in [-0.39, 0.29) is 5.91 Å². The van der Waals surface area contributed by atoms with Crippen LogP contribution in [0.4, 0.5) is 11.4 Å². The summed E-state index contributed by atoms with van der Waals surface area (Å²) in [7, 11) is 0.862. The number of imidazole rings is 1. The summed E-state index contributed by atoms with van der Waals surface area (Å²) in [6.45, 7) is 12.2. The smallest absolute Gasteiger partial charge is 0.248 e. The number of carbonyl (C=O) groups is 1. The summed E-state index contributed by atoms with van der Waals surface area (Å²) in [6.07, 6.45) is 10.2. The molecular formula is C39H50N4O4S. The van der Waals surface area contributed by atoms with Crippen LogP contribution in [0.15, 0.2) is 90.2 Å². The number of nitrogens with zero attached hydrogens (tertiary/aromatic N) is 3. The highest BCUT2D eigenvalue weighted by molar-refractivity contribution is 7.84. The molecule has 1 N–H and O–H groups in total. The molecule has 0 bridgehead atoms. The van der Waals surface area contributed by atoms with Gasteiger partial charge in [0.1, 0.15) is 12.4 Å². The number of hydrogen-bond donors (Lipinski definition) is 1. The van der Waals surface area contributed by atoms with Gasteiger partial charge in [0.2, 0.25) is 5.91 Å². The fraction of sp³-hybridized carbons (Fsp3) is 0.385. The van der Waals surface area contributed by atoms with Crippen molar-refractivity contribution in [2.45, 2.75) is 64.2 Å². The van der Waals surface area contributed by atoms with E-state index in [0.717, 1.165) is 72.8 Å². The number of rotatable bonds is 19. The van der Waals surface area contributed by atoms with E-state index < -0.39 is 10.8 Å². The summed E-state index contributed by atoms with van der Waals surface area (Å²) >= 11 is 0. The molecular weight excluding hydrogens is 621 g/mol. The molecule has 4 rings (SSSR count). The number of anilines is 2. The maximum Gasteiger partial charge on any atom is 0.248 e. The van der Waals surface area contributed by atoms with E-state index in [2.05, 4.69) is 80.3 Å². The van der Waals surface area contributed by atoms with Crippen LogP contribution < -0.4 is 15.0 Å². The molecule has 256 valence electrons. The number of carbonyl (C=O) groups excluding carboxylic acids is 1. The van der Waals surface area contributed by atoms with Gasteiger partial charge >= 0.3 is 0 Å². The zero-order valence-electron chi connectivity index (χ0n) is 29.0. The van der Waals surface area contributed by atoms with E-state index in [0.29, 0.717) is 35.5 Å². The van der Waals surface area contributed by atoms with Crippen LogP contribution in [0.1, 0.15) is 58.2 Å². The highest BCUT2D eigenvalue weighted by atomic mass is 32.2. The van der Waals surface area contributed by atoms with E-state index in [9.17, 15) is 9.00 Å². The third-order valence-corrected chi connectivity index (χ3v) is 9.10. The van der Waals surface area contributed by atoms with Gasteiger partial charge in [-0.15, -0.1) is 0 Å². The molecule has 0 saturated heterocycles. The molecule has 1 heterocycles. The number of benzene rings is 3. The summed E-state index contributed by atoms with van der Waals surface area (Å²) in [6, 6.07) is 21.6. The maximum atomic E-state index is 13.0. The fourth-order valence-corrected chi connectivity index (χ4v) is 6.45. The summed E-state index contributed by atoms with van der Waals surface area (Å²) in [5.74, 6) is 1.44. The van der Waals surface area contributed by atoms with Gasteiger partial charge in [0, 0.05) is 55.3 Å². The predicted molar refractivity (Wildman–Crippen MR) is 198 cm³/mol. The zero-order chi connectivity index (χ0) is 34.3. The predicted octanol–water partition coefficient (Wildman–Crippen LogP) is 8.21. The lowest BCUT2D eigenvalue weighted by molar-refractivity contribution is -0.111. The van der Waals surface area contributed by atoms with Crippen molar-refractivity contribution in [3.05, 3.63) is 96.6 Å². The Morgan fingerprint density at radius 3 is 2.44 bits per heavy atom. The van der Waals surface area contributed by atoms with E-state index in [4.69, 9.17) is 9.47 Å². The Morgan fingerprint density at radius 2 is 1.73 bits per heavy atom. The van der Waals surface area contributed by atoms with Crippen LogP contribution in [-0.4, -0.2) is 53.1 Å². The minimum absolute atomic E-state index is 0.240. The molecule has 1 unspecified atom stereocenters. The molecule has 0 fully saturated rings. The van der Waals surface area contributed by atoms with Crippen LogP contribution in [0.5, 0.6) is 5.75 Å². The standard InChI is InChI=1S/C39H50N4O4S/c1-6-8-22-46-23-24-47-36-15-9-31(10-16-36)32-11-19-38(42(5)27-30(3)4)33(25-32)12-20-39(44)41-34-13-17-37(18-14-34)48(45)28-35-26-40-29-43(35)21-7-2/h9-20,25-26,29-30H,6-8,21-24,27-28H2,1-5H3,(H,41,44)/b20-12+. The van der Waals surface area contributed by atoms with Gasteiger partial charge < -0.3 is 24.3 Å². The van der Waals surface area contributed by atoms with Gasteiger partial charge in [0.15, 0.2) is 0 Å². The van der Waals surface area contributed by atoms with E-state index in [1.54, 1.807) is 42.9 Å². The molecule has 0 radical (unpaired) electrons. The van der Waals surface area contributed by atoms with Crippen molar-refractivity contribution < 1.29 is 18.5 Å². The Kier molecular flexibility index (Phi) is 14.5. The van der Waals surface area contributed by atoms with Crippen molar-refractivity contribution in [3.8, 4) is 16.9 Å². The first kappa shape index (κ1) is 36.6. The molecule has 0 aliphatic carbocycles. The monoisotopic (exact) mass is 670 g/mol. The van der Waals surface area contributed by atoms with Gasteiger partial charge in [-0.25, -0.2) is 4.98 Å². The van der Waals surface area contributed by atoms with Crippen LogP contribution in [0.25, 0.3) is 17.2 Å². The highest BCUT2D eigenvalue weighted by Gasteiger charge is 2.12. The molecule has 48 heavy (non-hydrogen) atoms. The van der Waals surface area contributed by atoms with Crippen molar-refractivity contribution in [2.24, 2.45) is 5.92 Å². The minimum atomic E-state index is -1.22. The third-order valence-electron chi connectivity index (χ3n) is 7.75. The average Bonchev–Trinajstić information content (AvgIpc) is 3.51. The first-order valence-corrected chi connectivity index (χ1v) is 18.2. The lowest BCUT2D eigenvalue weighted by Crippen LogP contribution is -2.23. The van der Waals surface area contributed by atoms with Crippen molar-refractivity contribution in [1.82, 2.24) is 9.55 Å². The van der Waals surface area contributed by atoms with Crippen LogP contribution in [0.2, 0.25) is 0 Å². The Morgan fingerprint density at radius 1 is 0.979 bits per heavy atom. The lowest BCUT2D eigenvalue weighted by atomic mass is 10.0. The second-order valence-corrected chi connectivity index (χ2v) is 13.8. The van der Waals surface area contributed by atoms with Crippen LogP contribution in [-0.2, 0) is 32.6 Å². The molecule has 4 aromatic rings. The van der Waals surface area contributed by atoms with Gasteiger partial charge in [0.25, 0.3) is 0 Å². The lowest BCUT2D eigenvalue weighted by Gasteiger charge is -2.24.